The Morgan fingerprint density at radius 1 is 1.42 bits per heavy atom. The van der Waals surface area contributed by atoms with Gasteiger partial charge in [-0.1, -0.05) is 25.4 Å². The number of ether oxygens (including phenoxy) is 1. The molecule has 19 heavy (non-hydrogen) atoms. The number of hydrogen-bond acceptors (Lipinski definition) is 2. The predicted molar refractivity (Wildman–Crippen MR) is 77.4 cm³/mol. The van der Waals surface area contributed by atoms with E-state index < -0.39 is 0 Å². The van der Waals surface area contributed by atoms with E-state index in [4.69, 9.17) is 16.3 Å². The van der Waals surface area contributed by atoms with Gasteiger partial charge in [0.25, 0.3) is 0 Å². The first kappa shape index (κ1) is 14.2. The van der Waals surface area contributed by atoms with Crippen molar-refractivity contribution in [2.45, 2.75) is 45.6 Å². The fraction of sp³-hybridized carbons (Fsp3) is 0.562. The number of aryl methyl sites for hydroxylation is 1. The van der Waals surface area contributed by atoms with Gasteiger partial charge in [0.05, 0.1) is 12.0 Å². The Bertz CT molecular complexity index is 480. The van der Waals surface area contributed by atoms with Crippen LogP contribution in [-0.2, 0) is 6.42 Å². The maximum Gasteiger partial charge on any atom is 0.120 e. The van der Waals surface area contributed by atoms with E-state index in [1.165, 1.54) is 0 Å². The third kappa shape index (κ3) is 3.42. The van der Waals surface area contributed by atoms with Gasteiger partial charge in [-0.2, -0.15) is 5.26 Å². The van der Waals surface area contributed by atoms with Gasteiger partial charge in [0, 0.05) is 5.02 Å². The lowest BCUT2D eigenvalue weighted by Gasteiger charge is -2.31. The molecule has 1 aromatic rings. The van der Waals surface area contributed by atoms with Crippen molar-refractivity contribution in [1.82, 2.24) is 0 Å². The van der Waals surface area contributed by atoms with Crippen molar-refractivity contribution in [3.05, 3.63) is 28.8 Å². The second-order valence-electron chi connectivity index (χ2n) is 5.42. The number of rotatable bonds is 3. The van der Waals surface area contributed by atoms with Crippen LogP contribution in [0.25, 0.3) is 0 Å². The zero-order valence-corrected chi connectivity index (χ0v) is 12.3. The highest BCUT2D eigenvalue weighted by Crippen LogP contribution is 2.32. The minimum absolute atomic E-state index is 0.0111. The van der Waals surface area contributed by atoms with Crippen LogP contribution in [0.4, 0.5) is 0 Å². The monoisotopic (exact) mass is 277 g/mol. The summed E-state index contributed by atoms with van der Waals surface area (Å²) in [6.45, 7) is 4.30. The van der Waals surface area contributed by atoms with Crippen molar-refractivity contribution < 1.29 is 4.74 Å². The normalized spacial score (nSPS) is 26.7. The molecule has 0 aromatic heterocycles. The summed E-state index contributed by atoms with van der Waals surface area (Å²) >= 11 is 6.11. The Balaban J connectivity index is 2.13. The molecule has 0 aliphatic heterocycles. The Kier molecular flexibility index (Phi) is 4.71. The molecule has 2 nitrogen and oxygen atoms in total. The first-order valence-electron chi connectivity index (χ1n) is 6.98. The van der Waals surface area contributed by atoms with Gasteiger partial charge in [0.1, 0.15) is 11.9 Å². The van der Waals surface area contributed by atoms with Crippen molar-refractivity contribution >= 4 is 11.6 Å². The highest BCUT2D eigenvalue weighted by Gasteiger charge is 2.30. The van der Waals surface area contributed by atoms with Gasteiger partial charge in [-0.15, -0.1) is 0 Å². The highest BCUT2D eigenvalue weighted by molar-refractivity contribution is 6.31. The van der Waals surface area contributed by atoms with Crippen molar-refractivity contribution in [2.75, 3.05) is 0 Å². The van der Waals surface area contributed by atoms with Gasteiger partial charge >= 0.3 is 0 Å². The van der Waals surface area contributed by atoms with E-state index >= 15 is 0 Å². The van der Waals surface area contributed by atoms with Crippen LogP contribution in [0.15, 0.2) is 18.2 Å². The summed E-state index contributed by atoms with van der Waals surface area (Å²) in [7, 11) is 0. The minimum Gasteiger partial charge on any atom is -0.489 e. The van der Waals surface area contributed by atoms with Crippen LogP contribution >= 0.6 is 11.6 Å². The number of benzene rings is 1. The van der Waals surface area contributed by atoms with Crippen LogP contribution in [0.2, 0.25) is 5.02 Å². The summed E-state index contributed by atoms with van der Waals surface area (Å²) in [6, 6.07) is 8.16. The maximum absolute atomic E-state index is 9.22. The summed E-state index contributed by atoms with van der Waals surface area (Å²) in [5.74, 6) is 1.48. The molecule has 0 radical (unpaired) electrons. The topological polar surface area (TPSA) is 33.0 Å². The van der Waals surface area contributed by atoms with Gasteiger partial charge in [0.2, 0.25) is 0 Å². The van der Waals surface area contributed by atoms with E-state index in [-0.39, 0.29) is 12.0 Å². The fourth-order valence-corrected chi connectivity index (χ4v) is 2.93. The van der Waals surface area contributed by atoms with Gasteiger partial charge in [-0.05, 0) is 55.4 Å². The lowest BCUT2D eigenvalue weighted by molar-refractivity contribution is 0.0955. The SMILES string of the molecule is CCc1cc(OC2CC(C)CCC2C#N)ccc1Cl. The zero-order valence-electron chi connectivity index (χ0n) is 11.5. The average Bonchev–Trinajstić information content (AvgIpc) is 2.41. The molecule has 3 unspecified atom stereocenters. The van der Waals surface area contributed by atoms with E-state index in [9.17, 15) is 5.26 Å². The molecule has 0 N–H and O–H groups in total. The average molecular weight is 278 g/mol. The lowest BCUT2D eigenvalue weighted by atomic mass is 9.81. The molecule has 0 heterocycles. The first-order chi connectivity index (χ1) is 9.13. The van der Waals surface area contributed by atoms with Crippen molar-refractivity contribution in [3.8, 4) is 11.8 Å². The molecule has 0 bridgehead atoms. The Morgan fingerprint density at radius 3 is 2.89 bits per heavy atom. The predicted octanol–water partition coefficient (Wildman–Crippen LogP) is 4.61. The lowest BCUT2D eigenvalue weighted by Crippen LogP contribution is -2.32. The largest absolute Gasteiger partial charge is 0.489 e. The summed E-state index contributed by atoms with van der Waals surface area (Å²) in [4.78, 5) is 0. The van der Waals surface area contributed by atoms with Crippen LogP contribution < -0.4 is 4.74 Å². The number of halogens is 1. The molecule has 3 atom stereocenters. The number of nitriles is 1. The Labute approximate surface area is 120 Å². The molecule has 3 heteroatoms. The maximum atomic E-state index is 9.22. The third-order valence-corrected chi connectivity index (χ3v) is 4.27. The van der Waals surface area contributed by atoms with Gasteiger partial charge in [-0.25, -0.2) is 0 Å². The van der Waals surface area contributed by atoms with Gasteiger partial charge in [0.15, 0.2) is 0 Å². The third-order valence-electron chi connectivity index (χ3n) is 3.91. The Morgan fingerprint density at radius 2 is 2.21 bits per heavy atom. The summed E-state index contributed by atoms with van der Waals surface area (Å²) < 4.78 is 6.05. The van der Waals surface area contributed by atoms with E-state index in [1.54, 1.807) is 0 Å². The van der Waals surface area contributed by atoms with E-state index in [2.05, 4.69) is 19.9 Å². The van der Waals surface area contributed by atoms with Crippen LogP contribution in [-0.4, -0.2) is 6.10 Å². The minimum atomic E-state index is 0.0111. The van der Waals surface area contributed by atoms with Gasteiger partial charge < -0.3 is 4.74 Å². The molecular weight excluding hydrogens is 258 g/mol. The molecule has 2 rings (SSSR count). The molecule has 1 aliphatic rings. The second-order valence-corrected chi connectivity index (χ2v) is 5.82. The highest BCUT2D eigenvalue weighted by atomic mass is 35.5. The Hall–Kier alpha value is -1.20. The van der Waals surface area contributed by atoms with E-state index in [0.29, 0.717) is 5.92 Å². The number of hydrogen-bond donors (Lipinski definition) is 0. The molecule has 0 amide bonds. The van der Waals surface area contributed by atoms with E-state index in [0.717, 1.165) is 42.0 Å². The van der Waals surface area contributed by atoms with Gasteiger partial charge in [-0.3, -0.25) is 0 Å². The molecule has 1 saturated carbocycles. The smallest absolute Gasteiger partial charge is 0.120 e. The van der Waals surface area contributed by atoms with Crippen LogP contribution in [0.3, 0.4) is 0 Å². The van der Waals surface area contributed by atoms with Crippen molar-refractivity contribution in [3.63, 3.8) is 0 Å². The van der Waals surface area contributed by atoms with Crippen molar-refractivity contribution in [1.29, 1.82) is 5.26 Å². The first-order valence-corrected chi connectivity index (χ1v) is 7.36. The molecule has 1 fully saturated rings. The molecule has 1 aromatic carbocycles. The molecule has 0 saturated heterocycles. The fourth-order valence-electron chi connectivity index (χ4n) is 2.68. The summed E-state index contributed by atoms with van der Waals surface area (Å²) in [6.07, 6.45) is 3.93. The summed E-state index contributed by atoms with van der Waals surface area (Å²) in [5, 5.41) is 10.0. The van der Waals surface area contributed by atoms with Crippen molar-refractivity contribution in [2.24, 2.45) is 11.8 Å². The molecule has 1 aliphatic carbocycles. The van der Waals surface area contributed by atoms with Crippen LogP contribution in [0, 0.1) is 23.2 Å². The second kappa shape index (κ2) is 6.30. The van der Waals surface area contributed by atoms with Crippen LogP contribution in [0.5, 0.6) is 5.75 Å². The zero-order chi connectivity index (χ0) is 13.8. The van der Waals surface area contributed by atoms with Crippen LogP contribution in [0.1, 0.15) is 38.7 Å². The van der Waals surface area contributed by atoms with E-state index in [1.807, 2.05) is 18.2 Å². The molecule has 0 spiro atoms. The standard InChI is InChI=1S/C16H20ClNO/c1-3-12-9-14(6-7-15(12)17)19-16-8-11(2)4-5-13(16)10-18/h6-7,9,11,13,16H,3-5,8H2,1-2H3. The molecule has 102 valence electrons. The summed E-state index contributed by atoms with van der Waals surface area (Å²) in [5.41, 5.74) is 1.09. The molecular formula is C16H20ClNO. The number of nitrogens with zero attached hydrogens (tertiary/aromatic N) is 1. The quantitative estimate of drug-likeness (QED) is 0.808.